The van der Waals surface area contributed by atoms with Crippen LogP contribution in [-0.4, -0.2) is 18.5 Å². The van der Waals surface area contributed by atoms with Crippen molar-refractivity contribution in [1.29, 1.82) is 0 Å². The highest BCUT2D eigenvalue weighted by Crippen LogP contribution is 2.29. The Labute approximate surface area is 163 Å². The summed E-state index contributed by atoms with van der Waals surface area (Å²) < 4.78 is 5.91. The van der Waals surface area contributed by atoms with Gasteiger partial charge in [0.2, 0.25) is 5.91 Å². The van der Waals surface area contributed by atoms with Crippen LogP contribution in [0.25, 0.3) is 11.0 Å². The third-order valence-corrected chi connectivity index (χ3v) is 5.13. The zero-order chi connectivity index (χ0) is 19.7. The second-order valence-electron chi connectivity index (χ2n) is 7.10. The first kappa shape index (κ1) is 18.1. The van der Waals surface area contributed by atoms with Crippen LogP contribution in [0.15, 0.2) is 52.9 Å². The average molecular weight is 377 g/mol. The Morgan fingerprint density at radius 1 is 1.14 bits per heavy atom. The van der Waals surface area contributed by atoms with E-state index in [1.807, 2.05) is 50.2 Å². The SMILES string of the molecule is Cc1c([C@@H](C)NC(=O)Nc2ccc(N3CCCC3=O)cc2)oc2ccccc12. The van der Waals surface area contributed by atoms with E-state index in [2.05, 4.69) is 10.6 Å². The lowest BCUT2D eigenvalue weighted by Gasteiger charge is -2.17. The minimum Gasteiger partial charge on any atom is -0.459 e. The molecule has 2 N–H and O–H groups in total. The van der Waals surface area contributed by atoms with Gasteiger partial charge in [-0.25, -0.2) is 4.79 Å². The molecule has 2 heterocycles. The molecule has 6 nitrogen and oxygen atoms in total. The summed E-state index contributed by atoms with van der Waals surface area (Å²) in [4.78, 5) is 26.0. The standard InChI is InChI=1S/C22H23N3O3/c1-14-18-6-3-4-7-19(18)28-21(14)15(2)23-22(27)24-16-9-11-17(12-10-16)25-13-5-8-20(25)26/h3-4,6-7,9-12,15H,5,8,13H2,1-2H3,(H2,23,24,27)/t15-/m1/s1. The van der Waals surface area contributed by atoms with Gasteiger partial charge in [0.15, 0.2) is 0 Å². The van der Waals surface area contributed by atoms with Gasteiger partial charge in [-0.05, 0) is 50.6 Å². The molecule has 1 saturated heterocycles. The van der Waals surface area contributed by atoms with Crippen LogP contribution in [0.3, 0.4) is 0 Å². The van der Waals surface area contributed by atoms with Crippen LogP contribution in [0.2, 0.25) is 0 Å². The first-order chi connectivity index (χ1) is 13.5. The Morgan fingerprint density at radius 2 is 1.89 bits per heavy atom. The van der Waals surface area contributed by atoms with E-state index < -0.39 is 0 Å². The molecule has 0 bridgehead atoms. The first-order valence-electron chi connectivity index (χ1n) is 9.49. The van der Waals surface area contributed by atoms with E-state index in [9.17, 15) is 9.59 Å². The second kappa shape index (κ2) is 7.38. The van der Waals surface area contributed by atoms with Gasteiger partial charge in [-0.1, -0.05) is 18.2 Å². The predicted octanol–water partition coefficient (Wildman–Crippen LogP) is 4.75. The van der Waals surface area contributed by atoms with Gasteiger partial charge in [0.1, 0.15) is 11.3 Å². The lowest BCUT2D eigenvalue weighted by Crippen LogP contribution is -2.31. The highest BCUT2D eigenvalue weighted by atomic mass is 16.3. The molecule has 1 fully saturated rings. The van der Waals surface area contributed by atoms with Gasteiger partial charge in [0.25, 0.3) is 0 Å². The average Bonchev–Trinajstić information content (AvgIpc) is 3.26. The molecule has 4 rings (SSSR count). The quantitative estimate of drug-likeness (QED) is 0.689. The summed E-state index contributed by atoms with van der Waals surface area (Å²) in [5.74, 6) is 0.896. The van der Waals surface area contributed by atoms with Gasteiger partial charge in [0.05, 0.1) is 6.04 Å². The Balaban J connectivity index is 1.41. The fourth-order valence-electron chi connectivity index (χ4n) is 3.68. The number of fused-ring (bicyclic) bond motifs is 1. The van der Waals surface area contributed by atoms with E-state index in [0.717, 1.165) is 40.9 Å². The van der Waals surface area contributed by atoms with E-state index in [0.29, 0.717) is 12.1 Å². The lowest BCUT2D eigenvalue weighted by atomic mass is 10.1. The number of furan rings is 1. The number of urea groups is 1. The van der Waals surface area contributed by atoms with E-state index in [1.54, 1.807) is 17.0 Å². The van der Waals surface area contributed by atoms with E-state index >= 15 is 0 Å². The highest BCUT2D eigenvalue weighted by molar-refractivity contribution is 5.96. The molecule has 3 amide bonds. The number of aryl methyl sites for hydroxylation is 1. The second-order valence-corrected chi connectivity index (χ2v) is 7.10. The summed E-state index contributed by atoms with van der Waals surface area (Å²) >= 11 is 0. The fourth-order valence-corrected chi connectivity index (χ4v) is 3.68. The number of carbonyl (C=O) groups is 2. The maximum atomic E-state index is 12.4. The first-order valence-corrected chi connectivity index (χ1v) is 9.49. The Bertz CT molecular complexity index is 1020. The normalized spacial score (nSPS) is 15.1. The molecule has 2 aromatic carbocycles. The van der Waals surface area contributed by atoms with Crippen LogP contribution in [0, 0.1) is 6.92 Å². The number of nitrogens with one attached hydrogen (secondary N) is 2. The highest BCUT2D eigenvalue weighted by Gasteiger charge is 2.22. The molecule has 0 unspecified atom stereocenters. The topological polar surface area (TPSA) is 74.6 Å². The number of hydrogen-bond donors (Lipinski definition) is 2. The van der Waals surface area contributed by atoms with Crippen molar-refractivity contribution in [2.24, 2.45) is 0 Å². The molecule has 0 spiro atoms. The lowest BCUT2D eigenvalue weighted by molar-refractivity contribution is -0.117. The smallest absolute Gasteiger partial charge is 0.319 e. The van der Waals surface area contributed by atoms with Crippen LogP contribution in [0.5, 0.6) is 0 Å². The Hall–Kier alpha value is -3.28. The molecule has 0 aliphatic carbocycles. The molecule has 0 saturated carbocycles. The predicted molar refractivity (Wildman–Crippen MR) is 110 cm³/mol. The number of benzene rings is 2. The molecular weight excluding hydrogens is 354 g/mol. The summed E-state index contributed by atoms with van der Waals surface area (Å²) in [5.41, 5.74) is 3.38. The largest absolute Gasteiger partial charge is 0.459 e. The van der Waals surface area contributed by atoms with E-state index in [4.69, 9.17) is 4.42 Å². The summed E-state index contributed by atoms with van der Waals surface area (Å²) in [6.07, 6.45) is 1.49. The van der Waals surface area contributed by atoms with Crippen molar-refractivity contribution >= 4 is 34.3 Å². The van der Waals surface area contributed by atoms with Gasteiger partial charge >= 0.3 is 6.03 Å². The van der Waals surface area contributed by atoms with Crippen molar-refractivity contribution in [2.75, 3.05) is 16.8 Å². The molecule has 1 aromatic heterocycles. The van der Waals surface area contributed by atoms with E-state index in [-0.39, 0.29) is 18.0 Å². The maximum Gasteiger partial charge on any atom is 0.319 e. The third kappa shape index (κ3) is 3.45. The van der Waals surface area contributed by atoms with Crippen molar-refractivity contribution in [1.82, 2.24) is 5.32 Å². The molecule has 0 radical (unpaired) electrons. The van der Waals surface area contributed by atoms with Crippen molar-refractivity contribution in [3.8, 4) is 0 Å². The summed E-state index contributed by atoms with van der Waals surface area (Å²) in [5, 5.41) is 6.80. The minimum absolute atomic E-state index is 0.147. The Kier molecular flexibility index (Phi) is 4.77. The molecule has 6 heteroatoms. The Morgan fingerprint density at radius 3 is 2.57 bits per heavy atom. The van der Waals surface area contributed by atoms with Gasteiger partial charge in [-0.3, -0.25) is 4.79 Å². The zero-order valence-electron chi connectivity index (χ0n) is 16.0. The van der Waals surface area contributed by atoms with Crippen molar-refractivity contribution < 1.29 is 14.0 Å². The number of rotatable bonds is 4. The van der Waals surface area contributed by atoms with Crippen molar-refractivity contribution in [3.05, 3.63) is 59.9 Å². The summed E-state index contributed by atoms with van der Waals surface area (Å²) in [6, 6.07) is 14.6. The van der Waals surface area contributed by atoms with Crippen LogP contribution in [-0.2, 0) is 4.79 Å². The number of hydrogen-bond acceptors (Lipinski definition) is 3. The summed E-state index contributed by atoms with van der Waals surface area (Å²) in [6.45, 7) is 4.64. The maximum absolute atomic E-state index is 12.4. The molecular formula is C22H23N3O3. The third-order valence-electron chi connectivity index (χ3n) is 5.13. The van der Waals surface area contributed by atoms with Crippen molar-refractivity contribution in [3.63, 3.8) is 0 Å². The van der Waals surface area contributed by atoms with Gasteiger partial charge in [0, 0.05) is 35.3 Å². The number of para-hydroxylation sites is 1. The number of anilines is 2. The van der Waals surface area contributed by atoms with Gasteiger partial charge < -0.3 is 20.0 Å². The molecule has 1 atom stereocenters. The molecule has 28 heavy (non-hydrogen) atoms. The number of nitrogens with zero attached hydrogens (tertiary/aromatic N) is 1. The number of amides is 3. The van der Waals surface area contributed by atoms with Crippen LogP contribution in [0.1, 0.15) is 37.1 Å². The van der Waals surface area contributed by atoms with E-state index in [1.165, 1.54) is 0 Å². The minimum atomic E-state index is -0.308. The summed E-state index contributed by atoms with van der Waals surface area (Å²) in [7, 11) is 0. The van der Waals surface area contributed by atoms with Crippen LogP contribution >= 0.6 is 0 Å². The monoisotopic (exact) mass is 377 g/mol. The van der Waals surface area contributed by atoms with Crippen LogP contribution < -0.4 is 15.5 Å². The van der Waals surface area contributed by atoms with Gasteiger partial charge in [-0.15, -0.1) is 0 Å². The molecule has 144 valence electrons. The zero-order valence-corrected chi connectivity index (χ0v) is 16.0. The van der Waals surface area contributed by atoms with Crippen molar-refractivity contribution in [2.45, 2.75) is 32.7 Å². The van der Waals surface area contributed by atoms with Crippen LogP contribution in [0.4, 0.5) is 16.2 Å². The van der Waals surface area contributed by atoms with Gasteiger partial charge in [-0.2, -0.15) is 0 Å². The number of carbonyl (C=O) groups excluding carboxylic acids is 2. The molecule has 1 aliphatic heterocycles. The fraction of sp³-hybridized carbons (Fsp3) is 0.273. The molecule has 3 aromatic rings. The molecule has 1 aliphatic rings.